The van der Waals surface area contributed by atoms with E-state index in [1.807, 2.05) is 25.1 Å². The number of halogens is 1. The van der Waals surface area contributed by atoms with Crippen molar-refractivity contribution in [1.29, 1.82) is 0 Å². The van der Waals surface area contributed by atoms with Crippen LogP contribution in [0.3, 0.4) is 0 Å². The van der Waals surface area contributed by atoms with Crippen molar-refractivity contribution in [3.8, 4) is 0 Å². The summed E-state index contributed by atoms with van der Waals surface area (Å²) < 4.78 is 13.2. The number of aryl methyl sites for hydroxylation is 1. The molecule has 8 heteroatoms. The average molecular weight is 406 g/mol. The van der Waals surface area contributed by atoms with E-state index in [0.717, 1.165) is 18.4 Å². The van der Waals surface area contributed by atoms with Crippen LogP contribution < -0.4 is 16.0 Å². The van der Waals surface area contributed by atoms with Crippen LogP contribution in [0.5, 0.6) is 0 Å². The minimum Gasteiger partial charge on any atom is -0.368 e. The molecule has 0 aliphatic heterocycles. The predicted octanol–water partition coefficient (Wildman–Crippen LogP) is 3.32. The fourth-order valence-electron chi connectivity index (χ4n) is 3.37. The topological polar surface area (TPSA) is 91.8 Å². The molecule has 0 atom stereocenters. The van der Waals surface area contributed by atoms with E-state index in [1.54, 1.807) is 24.4 Å². The van der Waals surface area contributed by atoms with Crippen LogP contribution >= 0.6 is 0 Å². The molecule has 0 saturated heterocycles. The molecule has 0 spiro atoms. The molecule has 1 saturated carbocycles. The first-order valence-corrected chi connectivity index (χ1v) is 9.87. The molecule has 0 unspecified atom stereocenters. The first-order chi connectivity index (χ1) is 14.5. The minimum atomic E-state index is -0.515. The Morgan fingerprint density at radius 1 is 1.03 bits per heavy atom. The Hall–Kier alpha value is -3.55. The number of nitrogens with zero attached hydrogens (tertiary/aromatic N) is 3. The van der Waals surface area contributed by atoms with Crippen molar-refractivity contribution >= 4 is 23.4 Å². The van der Waals surface area contributed by atoms with Crippen molar-refractivity contribution in [3.05, 3.63) is 71.9 Å². The summed E-state index contributed by atoms with van der Waals surface area (Å²) in [7, 11) is 0. The highest BCUT2D eigenvalue weighted by molar-refractivity contribution is 5.91. The number of aromatic nitrogens is 3. The van der Waals surface area contributed by atoms with Crippen molar-refractivity contribution in [3.63, 3.8) is 0 Å². The molecule has 0 radical (unpaired) electrons. The van der Waals surface area contributed by atoms with Crippen LogP contribution in [0.4, 0.5) is 21.8 Å². The molecule has 2 aromatic heterocycles. The summed E-state index contributed by atoms with van der Waals surface area (Å²) in [5.74, 6) is 2.30. The maximum atomic E-state index is 13.2. The van der Waals surface area contributed by atoms with Gasteiger partial charge in [0.05, 0.1) is 5.41 Å². The molecule has 7 nitrogen and oxygen atoms in total. The second-order valence-corrected chi connectivity index (χ2v) is 7.30. The lowest BCUT2D eigenvalue weighted by molar-refractivity contribution is -0.123. The van der Waals surface area contributed by atoms with E-state index < -0.39 is 5.41 Å². The van der Waals surface area contributed by atoms with Gasteiger partial charge in [0.25, 0.3) is 0 Å². The normalized spacial score (nSPS) is 14.1. The van der Waals surface area contributed by atoms with Crippen LogP contribution in [0.25, 0.3) is 0 Å². The van der Waals surface area contributed by atoms with E-state index in [1.165, 1.54) is 12.1 Å². The molecule has 1 amide bonds. The molecule has 1 fully saturated rings. The van der Waals surface area contributed by atoms with Gasteiger partial charge in [0.2, 0.25) is 5.91 Å². The highest BCUT2D eigenvalue weighted by Crippen LogP contribution is 2.48. The Morgan fingerprint density at radius 3 is 2.50 bits per heavy atom. The predicted molar refractivity (Wildman–Crippen MR) is 113 cm³/mol. The fraction of sp³-hybridized carbons (Fsp3) is 0.273. The van der Waals surface area contributed by atoms with E-state index >= 15 is 0 Å². The van der Waals surface area contributed by atoms with Gasteiger partial charge in [-0.25, -0.2) is 19.3 Å². The molecule has 3 N–H and O–H groups in total. The highest BCUT2D eigenvalue weighted by atomic mass is 19.1. The third-order valence-corrected chi connectivity index (χ3v) is 5.06. The number of benzene rings is 1. The third kappa shape index (κ3) is 4.53. The van der Waals surface area contributed by atoms with Crippen molar-refractivity contribution < 1.29 is 9.18 Å². The number of hydrogen-bond donors (Lipinski definition) is 3. The molecule has 1 aromatic carbocycles. The van der Waals surface area contributed by atoms with Gasteiger partial charge >= 0.3 is 0 Å². The Morgan fingerprint density at radius 2 is 1.80 bits per heavy atom. The highest BCUT2D eigenvalue weighted by Gasteiger charge is 2.50. The van der Waals surface area contributed by atoms with Gasteiger partial charge < -0.3 is 16.0 Å². The van der Waals surface area contributed by atoms with Gasteiger partial charge in [-0.1, -0.05) is 18.2 Å². The Kier molecular flexibility index (Phi) is 5.56. The SMILES string of the molecule is Cc1nc(NCCNC(=O)C2(c3ccc(F)cc3)CC2)cc(Nc2ccccn2)n1. The Labute approximate surface area is 174 Å². The molecule has 2 heterocycles. The molecular weight excluding hydrogens is 383 g/mol. The summed E-state index contributed by atoms with van der Waals surface area (Å²) in [5, 5.41) is 9.33. The second-order valence-electron chi connectivity index (χ2n) is 7.30. The number of carbonyl (C=O) groups is 1. The maximum Gasteiger partial charge on any atom is 0.230 e. The molecule has 0 bridgehead atoms. The van der Waals surface area contributed by atoms with E-state index in [4.69, 9.17) is 0 Å². The van der Waals surface area contributed by atoms with Crippen LogP contribution in [0, 0.1) is 12.7 Å². The zero-order valence-corrected chi connectivity index (χ0v) is 16.7. The minimum absolute atomic E-state index is 0.0210. The van der Waals surface area contributed by atoms with Crippen molar-refractivity contribution in [1.82, 2.24) is 20.3 Å². The summed E-state index contributed by atoms with van der Waals surface area (Å²) in [6, 6.07) is 13.6. The number of pyridine rings is 1. The number of anilines is 3. The lowest BCUT2D eigenvalue weighted by atomic mass is 9.95. The van der Waals surface area contributed by atoms with Gasteiger partial charge in [0.1, 0.15) is 29.1 Å². The lowest BCUT2D eigenvalue weighted by Crippen LogP contribution is -2.37. The standard InChI is InChI=1S/C22H23FN6O/c1-15-27-19(14-20(28-15)29-18-4-2-3-11-24-18)25-12-13-26-21(30)22(9-10-22)16-5-7-17(23)8-6-16/h2-8,11,14H,9-10,12-13H2,1H3,(H,26,30)(H2,24,25,27,28,29). The monoisotopic (exact) mass is 406 g/mol. The first-order valence-electron chi connectivity index (χ1n) is 9.87. The van der Waals surface area contributed by atoms with E-state index in [-0.39, 0.29) is 11.7 Å². The van der Waals surface area contributed by atoms with Gasteiger partial charge in [0, 0.05) is 25.4 Å². The molecule has 1 aliphatic carbocycles. The zero-order chi connectivity index (χ0) is 21.0. The molecule has 1 aliphatic rings. The summed E-state index contributed by atoms with van der Waals surface area (Å²) in [6.45, 7) is 2.79. The van der Waals surface area contributed by atoms with Crippen molar-refractivity contribution in [2.75, 3.05) is 23.7 Å². The molecule has 30 heavy (non-hydrogen) atoms. The number of rotatable bonds is 8. The van der Waals surface area contributed by atoms with Crippen LogP contribution in [0.1, 0.15) is 24.2 Å². The van der Waals surface area contributed by atoms with Crippen molar-refractivity contribution in [2.45, 2.75) is 25.2 Å². The van der Waals surface area contributed by atoms with Crippen LogP contribution in [-0.2, 0) is 10.2 Å². The largest absolute Gasteiger partial charge is 0.368 e. The Balaban J connectivity index is 1.30. The summed E-state index contributed by atoms with van der Waals surface area (Å²) >= 11 is 0. The quantitative estimate of drug-likeness (QED) is 0.497. The molecule has 154 valence electrons. The van der Waals surface area contributed by atoms with E-state index in [0.29, 0.717) is 36.4 Å². The van der Waals surface area contributed by atoms with Crippen LogP contribution in [0.15, 0.2) is 54.7 Å². The summed E-state index contributed by atoms with van der Waals surface area (Å²) in [5.41, 5.74) is 0.352. The van der Waals surface area contributed by atoms with Crippen LogP contribution in [-0.4, -0.2) is 33.9 Å². The first kappa shape index (κ1) is 19.8. The third-order valence-electron chi connectivity index (χ3n) is 5.06. The van der Waals surface area contributed by atoms with Gasteiger partial charge in [-0.15, -0.1) is 0 Å². The maximum absolute atomic E-state index is 13.2. The molecule has 4 rings (SSSR count). The number of carbonyl (C=O) groups excluding carboxylic acids is 1. The summed E-state index contributed by atoms with van der Waals surface area (Å²) in [4.78, 5) is 25.6. The molecule has 3 aromatic rings. The van der Waals surface area contributed by atoms with E-state index in [2.05, 4.69) is 30.9 Å². The Bertz CT molecular complexity index is 1020. The van der Waals surface area contributed by atoms with Crippen LogP contribution in [0.2, 0.25) is 0 Å². The van der Waals surface area contributed by atoms with Gasteiger partial charge in [-0.05, 0) is 49.6 Å². The van der Waals surface area contributed by atoms with Gasteiger partial charge in [0.15, 0.2) is 0 Å². The van der Waals surface area contributed by atoms with Crippen molar-refractivity contribution in [2.24, 2.45) is 0 Å². The second kappa shape index (κ2) is 8.44. The van der Waals surface area contributed by atoms with Gasteiger partial charge in [-0.3, -0.25) is 4.79 Å². The van der Waals surface area contributed by atoms with E-state index in [9.17, 15) is 9.18 Å². The smallest absolute Gasteiger partial charge is 0.230 e. The number of hydrogen-bond acceptors (Lipinski definition) is 6. The fourth-order valence-corrected chi connectivity index (χ4v) is 3.37. The number of amides is 1. The zero-order valence-electron chi connectivity index (χ0n) is 16.7. The molecular formula is C22H23FN6O. The van der Waals surface area contributed by atoms with Gasteiger partial charge in [-0.2, -0.15) is 0 Å². The number of nitrogens with one attached hydrogen (secondary N) is 3. The average Bonchev–Trinajstić information content (AvgIpc) is 3.54. The summed E-state index contributed by atoms with van der Waals surface area (Å²) in [6.07, 6.45) is 3.27. The lowest BCUT2D eigenvalue weighted by Gasteiger charge is -2.16.